The molecule has 2 aromatic carbocycles. The fourth-order valence-electron chi connectivity index (χ4n) is 2.95. The standard InChI is InChI=1S/C22H21N3O2/c1-14(2)13-24-22(26)21-17-10-9-16(27-3)11-18(17)20(19(12-23)25-21)15-7-5-4-6-8-15/h4-11,14H,13H2,1-3H3,(H,24,26). The number of methoxy groups -OCH3 is 1. The van der Waals surface area contributed by atoms with E-state index in [1.54, 1.807) is 13.2 Å². The van der Waals surface area contributed by atoms with Crippen LogP contribution in [0.25, 0.3) is 21.9 Å². The van der Waals surface area contributed by atoms with Crippen LogP contribution in [-0.2, 0) is 0 Å². The second-order valence-corrected chi connectivity index (χ2v) is 6.68. The summed E-state index contributed by atoms with van der Waals surface area (Å²) in [5.41, 5.74) is 2.04. The topological polar surface area (TPSA) is 75.0 Å². The molecule has 3 aromatic rings. The number of nitriles is 1. The molecule has 0 saturated heterocycles. The molecule has 136 valence electrons. The van der Waals surface area contributed by atoms with E-state index >= 15 is 0 Å². The van der Waals surface area contributed by atoms with Crippen molar-refractivity contribution in [3.05, 3.63) is 59.9 Å². The Morgan fingerprint density at radius 2 is 1.93 bits per heavy atom. The van der Waals surface area contributed by atoms with E-state index < -0.39 is 0 Å². The van der Waals surface area contributed by atoms with E-state index in [9.17, 15) is 10.1 Å². The molecule has 0 aliphatic carbocycles. The number of rotatable bonds is 5. The molecule has 1 aromatic heterocycles. The Morgan fingerprint density at radius 1 is 1.19 bits per heavy atom. The number of amides is 1. The number of benzene rings is 2. The van der Waals surface area contributed by atoms with Gasteiger partial charge in [0.2, 0.25) is 0 Å². The Bertz CT molecular complexity index is 1020. The molecule has 0 saturated carbocycles. The van der Waals surface area contributed by atoms with Crippen LogP contribution >= 0.6 is 0 Å². The normalized spacial score (nSPS) is 10.6. The largest absolute Gasteiger partial charge is 0.497 e. The van der Waals surface area contributed by atoms with Crippen molar-refractivity contribution in [1.29, 1.82) is 5.26 Å². The van der Waals surface area contributed by atoms with Gasteiger partial charge in [0.15, 0.2) is 0 Å². The molecule has 0 bridgehead atoms. The van der Waals surface area contributed by atoms with Crippen LogP contribution in [0, 0.1) is 17.2 Å². The minimum Gasteiger partial charge on any atom is -0.497 e. The minimum absolute atomic E-state index is 0.219. The quantitative estimate of drug-likeness (QED) is 0.742. The maximum absolute atomic E-state index is 12.7. The van der Waals surface area contributed by atoms with Crippen LogP contribution in [0.3, 0.4) is 0 Å². The first kappa shape index (κ1) is 18.4. The average Bonchev–Trinajstić information content (AvgIpc) is 2.70. The monoisotopic (exact) mass is 359 g/mol. The molecule has 1 amide bonds. The third-order valence-electron chi connectivity index (χ3n) is 4.27. The van der Waals surface area contributed by atoms with Gasteiger partial charge in [-0.15, -0.1) is 0 Å². The van der Waals surface area contributed by atoms with Crippen molar-refractivity contribution in [3.8, 4) is 22.9 Å². The van der Waals surface area contributed by atoms with Crippen LogP contribution in [-0.4, -0.2) is 24.5 Å². The SMILES string of the molecule is COc1ccc2c(C(=O)NCC(C)C)nc(C#N)c(-c3ccccc3)c2c1. The number of hydrogen-bond donors (Lipinski definition) is 1. The van der Waals surface area contributed by atoms with Gasteiger partial charge >= 0.3 is 0 Å². The van der Waals surface area contributed by atoms with Gasteiger partial charge in [0, 0.05) is 17.5 Å². The third-order valence-corrected chi connectivity index (χ3v) is 4.27. The predicted molar refractivity (Wildman–Crippen MR) is 106 cm³/mol. The van der Waals surface area contributed by atoms with Gasteiger partial charge in [0.1, 0.15) is 23.2 Å². The highest BCUT2D eigenvalue weighted by molar-refractivity contribution is 6.10. The van der Waals surface area contributed by atoms with E-state index in [4.69, 9.17) is 4.74 Å². The fourth-order valence-corrected chi connectivity index (χ4v) is 2.95. The zero-order chi connectivity index (χ0) is 19.4. The van der Waals surface area contributed by atoms with Crippen LogP contribution in [0.2, 0.25) is 0 Å². The number of nitrogens with zero attached hydrogens (tertiary/aromatic N) is 2. The highest BCUT2D eigenvalue weighted by Gasteiger charge is 2.20. The summed E-state index contributed by atoms with van der Waals surface area (Å²) in [5.74, 6) is 0.692. The lowest BCUT2D eigenvalue weighted by molar-refractivity contribution is 0.0946. The van der Waals surface area contributed by atoms with E-state index in [1.165, 1.54) is 0 Å². The Kier molecular flexibility index (Phi) is 5.37. The van der Waals surface area contributed by atoms with Crippen LogP contribution in [0.15, 0.2) is 48.5 Å². The molecule has 27 heavy (non-hydrogen) atoms. The molecule has 1 heterocycles. The van der Waals surface area contributed by atoms with Crippen molar-refractivity contribution < 1.29 is 9.53 Å². The van der Waals surface area contributed by atoms with Gasteiger partial charge in [-0.3, -0.25) is 4.79 Å². The smallest absolute Gasteiger partial charge is 0.270 e. The summed E-state index contributed by atoms with van der Waals surface area (Å²) in [6.45, 7) is 4.59. The molecule has 0 aliphatic heterocycles. The van der Waals surface area contributed by atoms with Crippen molar-refractivity contribution >= 4 is 16.7 Å². The molecular formula is C22H21N3O2. The molecule has 5 heteroatoms. The number of carbonyl (C=O) groups excluding carboxylic acids is 1. The number of pyridine rings is 1. The number of fused-ring (bicyclic) bond motifs is 1. The molecule has 0 fully saturated rings. The first-order valence-electron chi connectivity index (χ1n) is 8.80. The first-order valence-corrected chi connectivity index (χ1v) is 8.80. The number of hydrogen-bond acceptors (Lipinski definition) is 4. The van der Waals surface area contributed by atoms with Gasteiger partial charge < -0.3 is 10.1 Å². The molecule has 0 unspecified atom stereocenters. The maximum Gasteiger partial charge on any atom is 0.270 e. The van der Waals surface area contributed by atoms with Crippen LogP contribution in [0.4, 0.5) is 0 Å². The zero-order valence-electron chi connectivity index (χ0n) is 15.6. The van der Waals surface area contributed by atoms with E-state index in [-0.39, 0.29) is 17.3 Å². The molecular weight excluding hydrogens is 338 g/mol. The summed E-state index contributed by atoms with van der Waals surface area (Å²) in [6.07, 6.45) is 0. The van der Waals surface area contributed by atoms with Gasteiger partial charge in [-0.1, -0.05) is 44.2 Å². The van der Waals surface area contributed by atoms with E-state index in [0.29, 0.717) is 29.2 Å². The lowest BCUT2D eigenvalue weighted by atomic mass is 9.95. The van der Waals surface area contributed by atoms with Crippen molar-refractivity contribution in [2.24, 2.45) is 5.92 Å². The number of aromatic nitrogens is 1. The van der Waals surface area contributed by atoms with Crippen LogP contribution in [0.5, 0.6) is 5.75 Å². The van der Waals surface area contributed by atoms with Crippen molar-refractivity contribution in [2.75, 3.05) is 13.7 Å². The molecule has 1 N–H and O–H groups in total. The van der Waals surface area contributed by atoms with E-state index in [2.05, 4.69) is 16.4 Å². The molecule has 0 atom stereocenters. The molecule has 3 rings (SSSR count). The molecule has 0 radical (unpaired) electrons. The fraction of sp³-hybridized carbons (Fsp3) is 0.227. The number of carbonyl (C=O) groups is 1. The summed E-state index contributed by atoms with van der Waals surface area (Å²) in [7, 11) is 1.59. The second-order valence-electron chi connectivity index (χ2n) is 6.68. The van der Waals surface area contributed by atoms with Gasteiger partial charge in [-0.2, -0.15) is 5.26 Å². The lowest BCUT2D eigenvalue weighted by Crippen LogP contribution is -2.28. The minimum atomic E-state index is -0.282. The summed E-state index contributed by atoms with van der Waals surface area (Å²) < 4.78 is 5.36. The summed E-state index contributed by atoms with van der Waals surface area (Å²) >= 11 is 0. The lowest BCUT2D eigenvalue weighted by Gasteiger charge is -2.14. The van der Waals surface area contributed by atoms with E-state index in [1.807, 2.05) is 56.3 Å². The Labute approximate surface area is 158 Å². The second kappa shape index (κ2) is 7.88. The predicted octanol–water partition coefficient (Wildman–Crippen LogP) is 4.17. The Hall–Kier alpha value is -3.39. The highest BCUT2D eigenvalue weighted by Crippen LogP contribution is 2.34. The number of ether oxygens (including phenoxy) is 1. The van der Waals surface area contributed by atoms with Crippen molar-refractivity contribution in [3.63, 3.8) is 0 Å². The zero-order valence-corrected chi connectivity index (χ0v) is 15.6. The summed E-state index contributed by atoms with van der Waals surface area (Å²) in [6, 6.07) is 17.2. The first-order chi connectivity index (χ1) is 13.0. The van der Waals surface area contributed by atoms with Gasteiger partial charge in [0.05, 0.1) is 7.11 Å². The molecule has 0 aliphatic rings. The average molecular weight is 359 g/mol. The highest BCUT2D eigenvalue weighted by atomic mass is 16.5. The van der Waals surface area contributed by atoms with Crippen LogP contribution in [0.1, 0.15) is 30.0 Å². The maximum atomic E-state index is 12.7. The van der Waals surface area contributed by atoms with E-state index in [0.717, 1.165) is 10.9 Å². The summed E-state index contributed by atoms with van der Waals surface area (Å²) in [4.78, 5) is 17.1. The Balaban J connectivity index is 2.28. The van der Waals surface area contributed by atoms with Crippen LogP contribution < -0.4 is 10.1 Å². The Morgan fingerprint density at radius 3 is 2.56 bits per heavy atom. The third kappa shape index (κ3) is 3.75. The molecule has 0 spiro atoms. The number of nitrogens with one attached hydrogen (secondary N) is 1. The van der Waals surface area contributed by atoms with Gasteiger partial charge in [-0.05, 0) is 35.1 Å². The molecule has 5 nitrogen and oxygen atoms in total. The van der Waals surface area contributed by atoms with Gasteiger partial charge in [-0.25, -0.2) is 4.98 Å². The van der Waals surface area contributed by atoms with Crippen molar-refractivity contribution in [2.45, 2.75) is 13.8 Å². The van der Waals surface area contributed by atoms with Crippen molar-refractivity contribution in [1.82, 2.24) is 10.3 Å². The summed E-state index contributed by atoms with van der Waals surface area (Å²) in [5, 5.41) is 14.1. The van der Waals surface area contributed by atoms with Gasteiger partial charge in [0.25, 0.3) is 5.91 Å².